The third-order valence-corrected chi connectivity index (χ3v) is 2.16. The van der Waals surface area contributed by atoms with Gasteiger partial charge in [0.15, 0.2) is 11.2 Å². The molecule has 0 atom stereocenters. The van der Waals surface area contributed by atoms with Crippen LogP contribution in [-0.2, 0) is 3.79 Å². The van der Waals surface area contributed by atoms with Crippen molar-refractivity contribution in [3.63, 3.8) is 0 Å². The second kappa shape index (κ2) is 3.93. The van der Waals surface area contributed by atoms with Crippen molar-refractivity contribution < 1.29 is 4.79 Å². The number of aromatic amines is 1. The minimum absolute atomic E-state index is 0.00231. The van der Waals surface area contributed by atoms with Gasteiger partial charge in [0.2, 0.25) is 3.79 Å². The predicted molar refractivity (Wildman–Crippen MR) is 56.3 cm³/mol. The maximum Gasteiger partial charge on any atom is 0.231 e. The van der Waals surface area contributed by atoms with Gasteiger partial charge in [-0.2, -0.15) is 0 Å². The molecule has 0 aliphatic heterocycles. The standard InChI is InChI=1S/C8H6Cl3NO2/c1-4(13)6-5(14)2-3-12-7(6)8(9,10)11/h2-3H,1H3,(H,12,14). The zero-order valence-electron chi connectivity index (χ0n) is 7.11. The molecule has 3 nitrogen and oxygen atoms in total. The maximum atomic E-state index is 11.3. The number of rotatable bonds is 1. The molecule has 0 amide bonds. The van der Waals surface area contributed by atoms with Gasteiger partial charge in [0.25, 0.3) is 0 Å². The summed E-state index contributed by atoms with van der Waals surface area (Å²) < 4.78 is -1.80. The highest BCUT2D eigenvalue weighted by Crippen LogP contribution is 2.37. The quantitative estimate of drug-likeness (QED) is 0.618. The van der Waals surface area contributed by atoms with E-state index in [2.05, 4.69) is 4.98 Å². The van der Waals surface area contributed by atoms with Gasteiger partial charge in [-0.05, 0) is 6.92 Å². The van der Waals surface area contributed by atoms with E-state index in [1.165, 1.54) is 19.2 Å². The zero-order chi connectivity index (χ0) is 10.9. The highest BCUT2D eigenvalue weighted by Gasteiger charge is 2.29. The van der Waals surface area contributed by atoms with Crippen LogP contribution in [0.15, 0.2) is 17.1 Å². The summed E-state index contributed by atoms with van der Waals surface area (Å²) in [7, 11) is 0. The van der Waals surface area contributed by atoms with Crippen LogP contribution in [0.3, 0.4) is 0 Å². The molecule has 1 heterocycles. The zero-order valence-corrected chi connectivity index (χ0v) is 9.37. The van der Waals surface area contributed by atoms with Gasteiger partial charge in [-0.25, -0.2) is 0 Å². The van der Waals surface area contributed by atoms with Crippen molar-refractivity contribution in [3.8, 4) is 0 Å². The molecule has 0 fully saturated rings. The molecule has 0 aliphatic rings. The Morgan fingerprint density at radius 1 is 1.43 bits per heavy atom. The van der Waals surface area contributed by atoms with E-state index in [-0.39, 0.29) is 11.3 Å². The Kier molecular flexibility index (Phi) is 3.24. The van der Waals surface area contributed by atoms with Crippen LogP contribution in [0.1, 0.15) is 23.0 Å². The Hall–Kier alpha value is -0.510. The number of H-pyrrole nitrogens is 1. The average molecular weight is 254 g/mol. The molecule has 76 valence electrons. The first-order valence-corrected chi connectivity index (χ1v) is 4.77. The number of halogens is 3. The number of Topliss-reactive ketones (excluding diaryl/α,β-unsaturated/α-hetero) is 1. The van der Waals surface area contributed by atoms with E-state index in [1.54, 1.807) is 0 Å². The largest absolute Gasteiger partial charge is 0.361 e. The Bertz CT molecular complexity index is 419. The van der Waals surface area contributed by atoms with Crippen molar-refractivity contribution in [1.82, 2.24) is 4.98 Å². The first-order chi connectivity index (χ1) is 6.34. The van der Waals surface area contributed by atoms with E-state index in [1.807, 2.05) is 0 Å². The van der Waals surface area contributed by atoms with E-state index in [0.29, 0.717) is 0 Å². The van der Waals surface area contributed by atoms with Gasteiger partial charge in [0, 0.05) is 12.3 Å². The van der Waals surface area contributed by atoms with Crippen molar-refractivity contribution >= 4 is 40.6 Å². The van der Waals surface area contributed by atoms with Gasteiger partial charge in [0.1, 0.15) is 0 Å². The normalized spacial score (nSPS) is 11.4. The molecule has 1 N–H and O–H groups in total. The Balaban J connectivity index is 3.52. The molecule has 0 saturated carbocycles. The van der Waals surface area contributed by atoms with Crippen LogP contribution in [0, 0.1) is 0 Å². The number of aromatic nitrogens is 1. The first kappa shape index (κ1) is 11.6. The fourth-order valence-corrected chi connectivity index (χ4v) is 1.50. The van der Waals surface area contributed by atoms with E-state index in [0.717, 1.165) is 0 Å². The van der Waals surface area contributed by atoms with E-state index in [9.17, 15) is 9.59 Å². The molecule has 0 aromatic carbocycles. The fraction of sp³-hybridized carbons (Fsp3) is 0.250. The predicted octanol–water partition coefficient (Wildman–Crippen LogP) is 2.40. The van der Waals surface area contributed by atoms with Crippen molar-refractivity contribution in [2.24, 2.45) is 0 Å². The fourth-order valence-electron chi connectivity index (χ4n) is 1.05. The summed E-state index contributed by atoms with van der Waals surface area (Å²) in [6, 6.07) is 1.20. The second-order valence-electron chi connectivity index (χ2n) is 2.65. The topological polar surface area (TPSA) is 49.9 Å². The lowest BCUT2D eigenvalue weighted by atomic mass is 10.1. The molecular weight excluding hydrogens is 248 g/mol. The number of hydrogen-bond donors (Lipinski definition) is 1. The summed E-state index contributed by atoms with van der Waals surface area (Å²) in [6.45, 7) is 1.24. The van der Waals surface area contributed by atoms with Gasteiger partial charge in [-0.1, -0.05) is 34.8 Å². The van der Waals surface area contributed by atoms with Gasteiger partial charge in [-0.3, -0.25) is 9.59 Å². The number of hydrogen-bond acceptors (Lipinski definition) is 2. The monoisotopic (exact) mass is 253 g/mol. The molecule has 0 unspecified atom stereocenters. The molecule has 1 aromatic heterocycles. The highest BCUT2D eigenvalue weighted by atomic mass is 35.6. The number of ketones is 1. The lowest BCUT2D eigenvalue weighted by molar-refractivity contribution is 0.101. The lowest BCUT2D eigenvalue weighted by Gasteiger charge is -2.13. The third kappa shape index (κ3) is 2.29. The number of pyridine rings is 1. The van der Waals surface area contributed by atoms with E-state index in [4.69, 9.17) is 34.8 Å². The van der Waals surface area contributed by atoms with Crippen molar-refractivity contribution in [2.75, 3.05) is 0 Å². The smallest absolute Gasteiger partial charge is 0.231 e. The summed E-state index contributed by atoms with van der Waals surface area (Å²) in [5, 5.41) is 0. The van der Waals surface area contributed by atoms with E-state index >= 15 is 0 Å². The van der Waals surface area contributed by atoms with Crippen LogP contribution in [0.25, 0.3) is 0 Å². The third-order valence-electron chi connectivity index (χ3n) is 1.59. The van der Waals surface area contributed by atoms with Crippen LogP contribution in [0.2, 0.25) is 0 Å². The van der Waals surface area contributed by atoms with E-state index < -0.39 is 15.0 Å². The summed E-state index contributed by atoms with van der Waals surface area (Å²) >= 11 is 16.8. The van der Waals surface area contributed by atoms with Crippen LogP contribution in [0.4, 0.5) is 0 Å². The number of carbonyl (C=O) groups excluding carboxylic acids is 1. The van der Waals surface area contributed by atoms with Crippen LogP contribution in [-0.4, -0.2) is 10.8 Å². The molecule has 6 heteroatoms. The molecule has 14 heavy (non-hydrogen) atoms. The van der Waals surface area contributed by atoms with Crippen LogP contribution >= 0.6 is 34.8 Å². The highest BCUT2D eigenvalue weighted by molar-refractivity contribution is 6.66. The molecule has 0 spiro atoms. The number of nitrogens with one attached hydrogen (secondary N) is 1. The van der Waals surface area contributed by atoms with Crippen LogP contribution in [0.5, 0.6) is 0 Å². The molecular formula is C8H6Cl3NO2. The SMILES string of the molecule is CC(=O)c1c(C(Cl)(Cl)Cl)[nH]ccc1=O. The second-order valence-corrected chi connectivity index (χ2v) is 4.93. The molecule has 0 radical (unpaired) electrons. The van der Waals surface area contributed by atoms with Crippen molar-refractivity contribution in [2.45, 2.75) is 10.7 Å². The number of carbonyl (C=O) groups is 1. The van der Waals surface area contributed by atoms with Crippen molar-refractivity contribution in [3.05, 3.63) is 33.7 Å². The summed E-state index contributed by atoms with van der Waals surface area (Å²) in [4.78, 5) is 25.0. The molecule has 0 aliphatic carbocycles. The summed E-state index contributed by atoms with van der Waals surface area (Å²) in [5.41, 5.74) is -0.576. The molecule has 1 aromatic rings. The Labute approximate surface area is 95.0 Å². The first-order valence-electron chi connectivity index (χ1n) is 3.64. The minimum Gasteiger partial charge on any atom is -0.361 e. The van der Waals surface area contributed by atoms with Crippen LogP contribution < -0.4 is 5.43 Å². The van der Waals surface area contributed by atoms with Gasteiger partial charge in [-0.15, -0.1) is 0 Å². The van der Waals surface area contributed by atoms with Gasteiger partial charge >= 0.3 is 0 Å². The molecule has 1 rings (SSSR count). The van der Waals surface area contributed by atoms with Gasteiger partial charge < -0.3 is 4.98 Å². The average Bonchev–Trinajstić information content (AvgIpc) is 2.01. The number of alkyl halides is 3. The molecule has 0 saturated heterocycles. The lowest BCUT2D eigenvalue weighted by Crippen LogP contribution is -2.20. The van der Waals surface area contributed by atoms with Crippen molar-refractivity contribution in [1.29, 1.82) is 0 Å². The molecule has 0 bridgehead atoms. The Morgan fingerprint density at radius 3 is 2.36 bits per heavy atom. The minimum atomic E-state index is -1.80. The summed E-state index contributed by atoms with van der Waals surface area (Å²) in [5.74, 6) is -0.437. The maximum absolute atomic E-state index is 11.3. The summed E-state index contributed by atoms with van der Waals surface area (Å²) in [6.07, 6.45) is 1.33. The van der Waals surface area contributed by atoms with Gasteiger partial charge in [0.05, 0.1) is 11.3 Å². The Morgan fingerprint density at radius 2 is 2.00 bits per heavy atom.